The van der Waals surface area contributed by atoms with Crippen molar-refractivity contribution in [1.82, 2.24) is 5.01 Å². The van der Waals surface area contributed by atoms with E-state index in [-0.39, 0.29) is 5.91 Å². The first-order valence-electron chi connectivity index (χ1n) is 7.49. The van der Waals surface area contributed by atoms with E-state index in [4.69, 9.17) is 4.74 Å². The lowest BCUT2D eigenvalue weighted by atomic mass is 10.2. The molecule has 1 unspecified atom stereocenters. The average molecular weight is 287 g/mol. The summed E-state index contributed by atoms with van der Waals surface area (Å²) in [6, 6.07) is 10.1. The minimum absolute atomic E-state index is 0.0317. The number of carbonyl (C=O) groups excluding carboxylic acids is 1. The Labute approximate surface area is 125 Å². The Morgan fingerprint density at radius 1 is 1.29 bits per heavy atom. The Balaban J connectivity index is 1.73. The molecular formula is C16H21N3O2. The fourth-order valence-corrected chi connectivity index (χ4v) is 3.00. The topological polar surface area (TPSA) is 45.1 Å². The number of hydrazone groups is 1. The highest BCUT2D eigenvalue weighted by Crippen LogP contribution is 2.22. The molecule has 0 saturated carbocycles. The van der Waals surface area contributed by atoms with Crippen molar-refractivity contribution < 1.29 is 9.53 Å². The standard InChI is InChI=1S/C16H21N3O2/c1-21-12-14-8-5-10-19(14)17-15-9-11-18(16(15)20)13-6-3-2-4-7-13/h2-4,6-7,14H,5,8-12H2,1H3. The number of methoxy groups -OCH3 is 1. The molecule has 3 rings (SSSR count). The van der Waals surface area contributed by atoms with Gasteiger partial charge in [0, 0.05) is 32.3 Å². The zero-order valence-electron chi connectivity index (χ0n) is 12.4. The highest BCUT2D eigenvalue weighted by molar-refractivity contribution is 6.45. The van der Waals surface area contributed by atoms with Crippen molar-refractivity contribution in [3.8, 4) is 0 Å². The predicted molar refractivity (Wildman–Crippen MR) is 82.5 cm³/mol. The maximum Gasteiger partial charge on any atom is 0.274 e. The maximum atomic E-state index is 12.5. The molecule has 0 aromatic heterocycles. The first-order valence-corrected chi connectivity index (χ1v) is 7.49. The van der Waals surface area contributed by atoms with Gasteiger partial charge in [-0.25, -0.2) is 0 Å². The van der Waals surface area contributed by atoms with Crippen LogP contribution in [-0.2, 0) is 9.53 Å². The molecule has 0 N–H and O–H groups in total. The van der Waals surface area contributed by atoms with Gasteiger partial charge in [-0.05, 0) is 25.0 Å². The van der Waals surface area contributed by atoms with Gasteiger partial charge in [0.2, 0.25) is 0 Å². The van der Waals surface area contributed by atoms with Crippen LogP contribution in [0.4, 0.5) is 5.69 Å². The minimum atomic E-state index is 0.0317. The number of benzene rings is 1. The predicted octanol–water partition coefficient (Wildman–Crippen LogP) is 1.89. The molecule has 1 amide bonds. The van der Waals surface area contributed by atoms with Crippen molar-refractivity contribution >= 4 is 17.3 Å². The Bertz CT molecular complexity index is 530. The summed E-state index contributed by atoms with van der Waals surface area (Å²) in [5.41, 5.74) is 1.62. The molecule has 1 aromatic carbocycles. The number of para-hydroxylation sites is 1. The zero-order chi connectivity index (χ0) is 14.7. The summed E-state index contributed by atoms with van der Waals surface area (Å²) < 4.78 is 5.23. The van der Waals surface area contributed by atoms with E-state index in [2.05, 4.69) is 5.10 Å². The normalized spacial score (nSPS) is 24.3. The van der Waals surface area contributed by atoms with Crippen LogP contribution in [0.15, 0.2) is 35.4 Å². The highest BCUT2D eigenvalue weighted by atomic mass is 16.5. The molecule has 2 aliphatic rings. The number of hydrogen-bond acceptors (Lipinski definition) is 4. The molecule has 2 heterocycles. The number of amides is 1. The third-order valence-electron chi connectivity index (χ3n) is 4.09. The van der Waals surface area contributed by atoms with Crippen LogP contribution < -0.4 is 4.90 Å². The van der Waals surface area contributed by atoms with Gasteiger partial charge in [-0.3, -0.25) is 9.80 Å². The molecule has 2 fully saturated rings. The number of ether oxygens (including phenoxy) is 1. The van der Waals surface area contributed by atoms with Crippen LogP contribution in [0.5, 0.6) is 0 Å². The van der Waals surface area contributed by atoms with Crippen molar-refractivity contribution in [3.63, 3.8) is 0 Å². The molecule has 2 aliphatic heterocycles. The van der Waals surface area contributed by atoms with Crippen molar-refractivity contribution in [2.24, 2.45) is 5.10 Å². The van der Waals surface area contributed by atoms with Crippen molar-refractivity contribution in [3.05, 3.63) is 30.3 Å². The second kappa shape index (κ2) is 6.26. The largest absolute Gasteiger partial charge is 0.382 e. The first-order chi connectivity index (χ1) is 10.3. The maximum absolute atomic E-state index is 12.5. The van der Waals surface area contributed by atoms with E-state index in [1.54, 1.807) is 12.0 Å². The molecule has 0 spiro atoms. The molecule has 0 bridgehead atoms. The number of anilines is 1. The van der Waals surface area contributed by atoms with Gasteiger partial charge in [0.05, 0.1) is 12.6 Å². The molecular weight excluding hydrogens is 266 g/mol. The van der Waals surface area contributed by atoms with Crippen molar-refractivity contribution in [1.29, 1.82) is 0 Å². The van der Waals surface area contributed by atoms with Crippen molar-refractivity contribution in [2.45, 2.75) is 25.3 Å². The smallest absolute Gasteiger partial charge is 0.274 e. The molecule has 1 aromatic rings. The molecule has 5 heteroatoms. The van der Waals surface area contributed by atoms with Crippen LogP contribution in [0.3, 0.4) is 0 Å². The lowest BCUT2D eigenvalue weighted by Crippen LogP contribution is -2.32. The second-order valence-corrected chi connectivity index (χ2v) is 5.50. The minimum Gasteiger partial charge on any atom is -0.382 e. The lowest BCUT2D eigenvalue weighted by molar-refractivity contribution is -0.112. The summed E-state index contributed by atoms with van der Waals surface area (Å²) >= 11 is 0. The Kier molecular flexibility index (Phi) is 4.20. The Morgan fingerprint density at radius 3 is 2.86 bits per heavy atom. The van der Waals surface area contributed by atoms with Crippen LogP contribution in [0.25, 0.3) is 0 Å². The van der Waals surface area contributed by atoms with Gasteiger partial charge in [0.1, 0.15) is 5.71 Å². The Hall–Kier alpha value is -1.88. The van der Waals surface area contributed by atoms with Gasteiger partial charge in [-0.1, -0.05) is 18.2 Å². The van der Waals surface area contributed by atoms with Gasteiger partial charge >= 0.3 is 0 Å². The molecule has 21 heavy (non-hydrogen) atoms. The highest BCUT2D eigenvalue weighted by Gasteiger charge is 2.31. The Morgan fingerprint density at radius 2 is 2.10 bits per heavy atom. The van der Waals surface area contributed by atoms with E-state index in [0.717, 1.165) is 25.1 Å². The first kappa shape index (κ1) is 14.1. The van der Waals surface area contributed by atoms with Gasteiger partial charge in [0.25, 0.3) is 5.91 Å². The van der Waals surface area contributed by atoms with Crippen LogP contribution in [0, 0.1) is 0 Å². The average Bonchev–Trinajstić information content (AvgIpc) is 3.09. The molecule has 2 saturated heterocycles. The second-order valence-electron chi connectivity index (χ2n) is 5.50. The van der Waals surface area contributed by atoms with E-state index in [1.807, 2.05) is 35.3 Å². The van der Waals surface area contributed by atoms with Gasteiger partial charge in [0.15, 0.2) is 0 Å². The molecule has 0 aliphatic carbocycles. The summed E-state index contributed by atoms with van der Waals surface area (Å²) in [6.45, 7) is 2.30. The van der Waals surface area contributed by atoms with Crippen LogP contribution >= 0.6 is 0 Å². The van der Waals surface area contributed by atoms with Gasteiger partial charge < -0.3 is 9.64 Å². The number of rotatable bonds is 4. The fraction of sp³-hybridized carbons (Fsp3) is 0.500. The molecule has 1 atom stereocenters. The summed E-state index contributed by atoms with van der Waals surface area (Å²) in [7, 11) is 1.71. The van der Waals surface area contributed by atoms with Crippen LogP contribution in [0.1, 0.15) is 19.3 Å². The van der Waals surface area contributed by atoms with E-state index in [1.165, 1.54) is 0 Å². The van der Waals surface area contributed by atoms with Gasteiger partial charge in [-0.2, -0.15) is 5.10 Å². The lowest BCUT2D eigenvalue weighted by Gasteiger charge is -2.21. The van der Waals surface area contributed by atoms with Crippen LogP contribution in [-0.4, -0.2) is 49.5 Å². The van der Waals surface area contributed by atoms with Gasteiger partial charge in [-0.15, -0.1) is 0 Å². The summed E-state index contributed by atoms with van der Waals surface area (Å²) in [6.07, 6.45) is 2.91. The molecule has 112 valence electrons. The molecule has 5 nitrogen and oxygen atoms in total. The third kappa shape index (κ3) is 2.93. The number of carbonyl (C=O) groups is 1. The third-order valence-corrected chi connectivity index (χ3v) is 4.09. The molecule has 0 radical (unpaired) electrons. The van der Waals surface area contributed by atoms with E-state index in [0.29, 0.717) is 31.3 Å². The van der Waals surface area contributed by atoms with E-state index in [9.17, 15) is 4.79 Å². The monoisotopic (exact) mass is 287 g/mol. The number of nitrogens with zero attached hydrogens (tertiary/aromatic N) is 3. The quantitative estimate of drug-likeness (QED) is 0.849. The summed E-state index contributed by atoms with van der Waals surface area (Å²) in [5, 5.41) is 6.64. The van der Waals surface area contributed by atoms with E-state index < -0.39 is 0 Å². The van der Waals surface area contributed by atoms with Crippen molar-refractivity contribution in [2.75, 3.05) is 31.7 Å². The number of hydrogen-bond donors (Lipinski definition) is 0. The SMILES string of the molecule is COCC1CCCN1N=C1CCN(c2ccccc2)C1=O. The summed E-state index contributed by atoms with van der Waals surface area (Å²) in [4.78, 5) is 14.3. The van der Waals surface area contributed by atoms with E-state index >= 15 is 0 Å². The van der Waals surface area contributed by atoms with Crippen LogP contribution in [0.2, 0.25) is 0 Å². The fourth-order valence-electron chi connectivity index (χ4n) is 3.00. The zero-order valence-corrected chi connectivity index (χ0v) is 12.4. The summed E-state index contributed by atoms with van der Waals surface area (Å²) in [5.74, 6) is 0.0317.